The van der Waals surface area contributed by atoms with Gasteiger partial charge in [0.05, 0.1) is 0 Å². The largest absolute Gasteiger partial charge is 0.508 e. The summed E-state index contributed by atoms with van der Waals surface area (Å²) < 4.78 is 5.19. The molecule has 2 N–H and O–H groups in total. The van der Waals surface area contributed by atoms with E-state index >= 15 is 0 Å². The molecule has 0 fully saturated rings. The predicted molar refractivity (Wildman–Crippen MR) is 84.7 cm³/mol. The Bertz CT molecular complexity index is 688. The van der Waals surface area contributed by atoms with Gasteiger partial charge in [-0.25, -0.2) is 4.79 Å². The lowest BCUT2D eigenvalue weighted by Gasteiger charge is -2.18. The maximum absolute atomic E-state index is 11.7. The number of phenols is 1. The van der Waals surface area contributed by atoms with Gasteiger partial charge in [0.1, 0.15) is 11.3 Å². The second-order valence-electron chi connectivity index (χ2n) is 5.83. The van der Waals surface area contributed by atoms with Crippen LogP contribution in [-0.4, -0.2) is 11.1 Å². The first-order chi connectivity index (χ1) is 9.92. The van der Waals surface area contributed by atoms with E-state index in [9.17, 15) is 9.90 Å². The molecule has 0 saturated heterocycles. The quantitative estimate of drug-likeness (QED) is 0.830. The lowest BCUT2D eigenvalue weighted by molar-refractivity contribution is 0.426. The van der Waals surface area contributed by atoms with Crippen molar-refractivity contribution in [2.24, 2.45) is 5.92 Å². The van der Waals surface area contributed by atoms with Gasteiger partial charge in [0.2, 0.25) is 0 Å². The molecule has 4 heteroatoms. The highest BCUT2D eigenvalue weighted by Crippen LogP contribution is 2.27. The Morgan fingerprint density at radius 1 is 1.19 bits per heavy atom. The second-order valence-corrected chi connectivity index (χ2v) is 5.83. The molecule has 0 saturated carbocycles. The van der Waals surface area contributed by atoms with Crippen LogP contribution in [0.4, 0.5) is 0 Å². The topological polar surface area (TPSA) is 62.5 Å². The Balaban J connectivity index is 2.44. The first kappa shape index (κ1) is 15.6. The highest BCUT2D eigenvalue weighted by atomic mass is 16.4. The summed E-state index contributed by atoms with van der Waals surface area (Å²) in [5.41, 5.74) is 1.81. The molecule has 0 bridgehead atoms. The SMILES string of the molecule is CCc1cc2c(CN[C@@H](C)C(C)C)cc(=O)oc2cc1O. The molecule has 114 valence electrons. The normalized spacial score (nSPS) is 13.0. The zero-order valence-corrected chi connectivity index (χ0v) is 13.1. The molecule has 2 aromatic rings. The minimum absolute atomic E-state index is 0.175. The lowest BCUT2D eigenvalue weighted by atomic mass is 10.0. The van der Waals surface area contributed by atoms with Crippen molar-refractivity contribution in [2.75, 3.05) is 0 Å². The summed E-state index contributed by atoms with van der Waals surface area (Å²) >= 11 is 0. The number of aromatic hydroxyl groups is 1. The van der Waals surface area contributed by atoms with Crippen molar-refractivity contribution in [3.63, 3.8) is 0 Å². The van der Waals surface area contributed by atoms with E-state index in [2.05, 4.69) is 26.1 Å². The molecule has 0 aliphatic rings. The van der Waals surface area contributed by atoms with E-state index < -0.39 is 0 Å². The summed E-state index contributed by atoms with van der Waals surface area (Å²) in [6.07, 6.45) is 0.732. The Kier molecular flexibility index (Phi) is 4.68. The van der Waals surface area contributed by atoms with Gasteiger partial charge in [-0.05, 0) is 36.5 Å². The van der Waals surface area contributed by atoms with Crippen LogP contribution in [0.15, 0.2) is 27.4 Å². The number of nitrogens with one attached hydrogen (secondary N) is 1. The molecule has 1 aromatic heterocycles. The van der Waals surface area contributed by atoms with Crippen LogP contribution in [0.3, 0.4) is 0 Å². The fourth-order valence-corrected chi connectivity index (χ4v) is 2.24. The van der Waals surface area contributed by atoms with Gasteiger partial charge in [0, 0.05) is 30.1 Å². The zero-order valence-electron chi connectivity index (χ0n) is 13.1. The minimum atomic E-state index is -0.389. The Morgan fingerprint density at radius 2 is 1.90 bits per heavy atom. The van der Waals surface area contributed by atoms with E-state index in [0.717, 1.165) is 22.9 Å². The van der Waals surface area contributed by atoms with Gasteiger partial charge in [-0.3, -0.25) is 0 Å². The van der Waals surface area contributed by atoms with Crippen LogP contribution in [0.5, 0.6) is 5.75 Å². The van der Waals surface area contributed by atoms with Gasteiger partial charge in [-0.15, -0.1) is 0 Å². The number of fused-ring (bicyclic) bond motifs is 1. The summed E-state index contributed by atoms with van der Waals surface area (Å²) in [5.74, 6) is 0.695. The number of phenolic OH excluding ortho intramolecular Hbond substituents is 1. The monoisotopic (exact) mass is 289 g/mol. The van der Waals surface area contributed by atoms with Gasteiger partial charge in [0.15, 0.2) is 0 Å². The second kappa shape index (κ2) is 6.31. The summed E-state index contributed by atoms with van der Waals surface area (Å²) in [4.78, 5) is 11.7. The van der Waals surface area contributed by atoms with Crippen LogP contribution in [0.25, 0.3) is 11.0 Å². The molecular weight excluding hydrogens is 266 g/mol. The van der Waals surface area contributed by atoms with Crippen LogP contribution in [-0.2, 0) is 13.0 Å². The number of hydrogen-bond donors (Lipinski definition) is 2. The molecular formula is C17H23NO3. The average molecular weight is 289 g/mol. The third kappa shape index (κ3) is 3.45. The first-order valence-electron chi connectivity index (χ1n) is 7.44. The van der Waals surface area contributed by atoms with Gasteiger partial charge in [-0.1, -0.05) is 20.8 Å². The van der Waals surface area contributed by atoms with Gasteiger partial charge < -0.3 is 14.8 Å². The summed E-state index contributed by atoms with van der Waals surface area (Å²) in [6.45, 7) is 9.03. The summed E-state index contributed by atoms with van der Waals surface area (Å²) in [6, 6.07) is 5.32. The van der Waals surface area contributed by atoms with Crippen molar-refractivity contribution in [1.82, 2.24) is 5.32 Å². The number of rotatable bonds is 5. The molecule has 0 amide bonds. The number of aryl methyl sites for hydroxylation is 1. The fourth-order valence-electron chi connectivity index (χ4n) is 2.24. The van der Waals surface area contributed by atoms with Crippen molar-refractivity contribution in [3.05, 3.63) is 39.7 Å². The molecule has 1 aromatic carbocycles. The van der Waals surface area contributed by atoms with E-state index in [-0.39, 0.29) is 11.4 Å². The van der Waals surface area contributed by atoms with Crippen LogP contribution in [0.1, 0.15) is 38.8 Å². The van der Waals surface area contributed by atoms with Crippen LogP contribution in [0.2, 0.25) is 0 Å². The zero-order chi connectivity index (χ0) is 15.6. The van der Waals surface area contributed by atoms with E-state index in [0.29, 0.717) is 24.1 Å². The third-order valence-electron chi connectivity index (χ3n) is 4.02. The molecule has 0 unspecified atom stereocenters. The lowest BCUT2D eigenvalue weighted by Crippen LogP contribution is -2.30. The summed E-state index contributed by atoms with van der Waals surface area (Å²) in [5, 5.41) is 14.2. The van der Waals surface area contributed by atoms with Gasteiger partial charge in [-0.2, -0.15) is 0 Å². The highest BCUT2D eigenvalue weighted by molar-refractivity contribution is 5.82. The van der Waals surface area contributed by atoms with Crippen molar-refractivity contribution in [1.29, 1.82) is 0 Å². The molecule has 4 nitrogen and oxygen atoms in total. The van der Waals surface area contributed by atoms with Crippen molar-refractivity contribution in [3.8, 4) is 5.75 Å². The van der Waals surface area contributed by atoms with E-state index in [4.69, 9.17) is 4.42 Å². The fraction of sp³-hybridized carbons (Fsp3) is 0.471. The number of hydrogen-bond acceptors (Lipinski definition) is 4. The Hall–Kier alpha value is -1.81. The smallest absolute Gasteiger partial charge is 0.336 e. The number of benzene rings is 1. The van der Waals surface area contributed by atoms with Gasteiger partial charge >= 0.3 is 5.63 Å². The van der Waals surface area contributed by atoms with Gasteiger partial charge in [0.25, 0.3) is 0 Å². The summed E-state index contributed by atoms with van der Waals surface area (Å²) in [7, 11) is 0. The minimum Gasteiger partial charge on any atom is -0.508 e. The van der Waals surface area contributed by atoms with Crippen molar-refractivity contribution < 1.29 is 9.52 Å². The molecule has 0 aliphatic heterocycles. The predicted octanol–water partition coefficient (Wildman–Crippen LogP) is 3.20. The molecule has 1 heterocycles. The molecule has 2 rings (SSSR count). The van der Waals surface area contributed by atoms with Crippen molar-refractivity contribution >= 4 is 11.0 Å². The maximum atomic E-state index is 11.7. The van der Waals surface area contributed by atoms with Crippen molar-refractivity contribution in [2.45, 2.75) is 46.7 Å². The van der Waals surface area contributed by atoms with Crippen LogP contribution in [0, 0.1) is 5.92 Å². The standard InChI is InChI=1S/C17H23NO3/c1-5-12-6-14-13(9-18-11(4)10(2)3)7-17(20)21-16(14)8-15(12)19/h6-8,10-11,18-19H,5,9H2,1-4H3/t11-/m0/s1. The average Bonchev–Trinajstić information content (AvgIpc) is 2.43. The van der Waals surface area contributed by atoms with E-state index in [1.165, 1.54) is 12.1 Å². The van der Waals surface area contributed by atoms with E-state index in [1.807, 2.05) is 13.0 Å². The molecule has 1 atom stereocenters. The molecule has 21 heavy (non-hydrogen) atoms. The first-order valence-corrected chi connectivity index (χ1v) is 7.44. The van der Waals surface area contributed by atoms with E-state index in [1.54, 1.807) is 0 Å². The molecule has 0 spiro atoms. The third-order valence-corrected chi connectivity index (χ3v) is 4.02. The highest BCUT2D eigenvalue weighted by Gasteiger charge is 2.12. The molecule has 0 radical (unpaired) electrons. The maximum Gasteiger partial charge on any atom is 0.336 e. The Labute approximate surface area is 124 Å². The Morgan fingerprint density at radius 3 is 2.52 bits per heavy atom. The van der Waals surface area contributed by atoms with Crippen LogP contribution < -0.4 is 10.9 Å². The molecule has 0 aliphatic carbocycles. The van der Waals surface area contributed by atoms with Crippen LogP contribution >= 0.6 is 0 Å².